The van der Waals surface area contributed by atoms with Crippen LogP contribution in [0.4, 0.5) is 0 Å². The van der Waals surface area contributed by atoms with Gasteiger partial charge in [0.05, 0.1) is 13.7 Å². The van der Waals surface area contributed by atoms with Crippen molar-refractivity contribution >= 4 is 59.1 Å². The molecule has 0 bridgehead atoms. The molecule has 1 aromatic rings. The number of benzene rings is 1. The van der Waals surface area contributed by atoms with E-state index in [-0.39, 0.29) is 55.9 Å². The second kappa shape index (κ2) is 30.8. The van der Waals surface area contributed by atoms with Crippen molar-refractivity contribution in [2.24, 2.45) is 29.6 Å². The predicted molar refractivity (Wildman–Crippen MR) is 293 cm³/mol. The predicted octanol–water partition coefficient (Wildman–Crippen LogP) is 3.69. The number of esters is 1. The molecule has 432 valence electrons. The molecule has 77 heavy (non-hydrogen) atoms. The minimum absolute atomic E-state index is 0.0205. The number of hydrogen-bond donors (Lipinski definition) is 4. The maximum Gasteiger partial charge on any atom is 0.328 e. The standard InChI is InChI=1S/C57H93N9O11/c1-16-23-45(67)60-47(36(7)8)56(75)63(13)43(31-35(5)6)50(69)59-40(30-34(3)4)53(72)65-28-21-26-41(65)54(73)64(14)49(37(9)10)52(71)61-48(38(11)17-2)51(70)58-33-46(68)62(12)44(32-39-24-19-18-20-25-39)55(74)66-29-22-27-42(66)57(76)77-15/h18-20,24-25,34-38,40-44,47-49H,16-17,21-23,26-33H2,1-15H3,(H,58,70)(H,59,69)(H,60,67)(H,61,71). The number of nitrogens with one attached hydrogen (secondary N) is 4. The van der Waals surface area contributed by atoms with Crippen molar-refractivity contribution in [3.8, 4) is 0 Å². The maximum atomic E-state index is 14.7. The van der Waals surface area contributed by atoms with Gasteiger partial charge in [0.15, 0.2) is 0 Å². The van der Waals surface area contributed by atoms with Crippen LogP contribution in [0.3, 0.4) is 0 Å². The summed E-state index contributed by atoms with van der Waals surface area (Å²) in [7, 11) is 5.77. The summed E-state index contributed by atoms with van der Waals surface area (Å²) in [6.45, 7) is 20.4. The summed E-state index contributed by atoms with van der Waals surface area (Å²) < 4.78 is 4.97. The highest BCUT2D eigenvalue weighted by Gasteiger charge is 2.45. The third kappa shape index (κ3) is 18.0. The molecule has 0 aliphatic carbocycles. The molecule has 4 N–H and O–H groups in total. The van der Waals surface area contributed by atoms with Crippen molar-refractivity contribution in [3.05, 3.63) is 35.9 Å². The lowest BCUT2D eigenvalue weighted by Crippen LogP contribution is -2.61. The molecule has 0 aromatic heterocycles. The van der Waals surface area contributed by atoms with Crippen LogP contribution in [0.25, 0.3) is 0 Å². The zero-order valence-electron chi connectivity index (χ0n) is 48.8. The molecule has 3 rings (SSSR count). The fraction of sp³-hybridized carbons (Fsp3) is 0.719. The molecule has 2 fully saturated rings. The van der Waals surface area contributed by atoms with Crippen LogP contribution in [0.5, 0.6) is 0 Å². The number of ether oxygens (including phenoxy) is 1. The Hall–Kier alpha value is -6.08. The molecule has 0 spiro atoms. The minimum atomic E-state index is -1.13. The molecule has 9 atom stereocenters. The normalized spacial score (nSPS) is 18.2. The topological polar surface area (TPSA) is 244 Å². The van der Waals surface area contributed by atoms with Gasteiger partial charge in [-0.05, 0) is 80.1 Å². The summed E-state index contributed by atoms with van der Waals surface area (Å²) in [5.74, 6) is -6.17. The van der Waals surface area contributed by atoms with Gasteiger partial charge in [0, 0.05) is 47.1 Å². The van der Waals surface area contributed by atoms with Gasteiger partial charge in [-0.25, -0.2) is 4.79 Å². The van der Waals surface area contributed by atoms with Crippen LogP contribution in [-0.4, -0.2) is 180 Å². The van der Waals surface area contributed by atoms with Crippen LogP contribution in [0.15, 0.2) is 30.3 Å². The number of carbonyl (C=O) groups is 10. The molecule has 20 nitrogen and oxygen atoms in total. The van der Waals surface area contributed by atoms with E-state index in [1.165, 1.54) is 52.8 Å². The molecule has 9 unspecified atom stereocenters. The van der Waals surface area contributed by atoms with E-state index < -0.39 is 120 Å². The highest BCUT2D eigenvalue weighted by atomic mass is 16.5. The SMILES string of the molecule is CCCC(=O)NC(C(=O)N(C)C(CC(C)C)C(=O)NC(CC(C)C)C(=O)N1CCCC1C(=O)N(C)C(C(=O)NC(C(=O)NCC(=O)N(C)C(Cc1ccccc1)C(=O)N1CCCC1C(=O)OC)C(C)CC)C(C)C)C(C)C. The summed E-state index contributed by atoms with van der Waals surface area (Å²) in [5.41, 5.74) is 0.787. The molecule has 1 aromatic carbocycles. The molecule has 2 aliphatic rings. The lowest BCUT2D eigenvalue weighted by atomic mass is 9.95. The van der Waals surface area contributed by atoms with E-state index >= 15 is 0 Å². The first-order valence-corrected chi connectivity index (χ1v) is 27.9. The van der Waals surface area contributed by atoms with E-state index in [9.17, 15) is 47.9 Å². The van der Waals surface area contributed by atoms with Gasteiger partial charge < -0.3 is 50.5 Å². The van der Waals surface area contributed by atoms with Gasteiger partial charge in [-0.15, -0.1) is 0 Å². The van der Waals surface area contributed by atoms with E-state index in [4.69, 9.17) is 4.74 Å². The van der Waals surface area contributed by atoms with Crippen LogP contribution in [0.1, 0.15) is 140 Å². The number of hydrogen-bond acceptors (Lipinski definition) is 11. The fourth-order valence-electron chi connectivity index (χ4n) is 10.3. The van der Waals surface area contributed by atoms with Gasteiger partial charge >= 0.3 is 5.97 Å². The monoisotopic (exact) mass is 1080 g/mol. The van der Waals surface area contributed by atoms with Gasteiger partial charge in [0.2, 0.25) is 53.2 Å². The number of likely N-dealkylation sites (N-methyl/N-ethyl adjacent to an activating group) is 3. The second-order valence-electron chi connectivity index (χ2n) is 22.7. The number of likely N-dealkylation sites (tertiary alicyclic amines) is 2. The number of rotatable bonds is 28. The van der Waals surface area contributed by atoms with Crippen molar-refractivity contribution in [1.82, 2.24) is 45.8 Å². The first-order valence-electron chi connectivity index (χ1n) is 27.9. The first-order chi connectivity index (χ1) is 36.2. The van der Waals surface area contributed by atoms with Crippen LogP contribution in [-0.2, 0) is 59.1 Å². The summed E-state index contributed by atoms with van der Waals surface area (Å²) >= 11 is 0. The van der Waals surface area contributed by atoms with Crippen molar-refractivity contribution in [3.63, 3.8) is 0 Å². The molecule has 0 radical (unpaired) electrons. The Morgan fingerprint density at radius 1 is 0.649 bits per heavy atom. The summed E-state index contributed by atoms with van der Waals surface area (Å²) in [6.07, 6.45) is 3.82. The average Bonchev–Trinajstić information content (AvgIpc) is 4.09. The Kier molecular flexibility index (Phi) is 26.0. The Balaban J connectivity index is 1.82. The minimum Gasteiger partial charge on any atom is -0.467 e. The van der Waals surface area contributed by atoms with Gasteiger partial charge in [-0.3, -0.25) is 43.2 Å². The molecule has 2 heterocycles. The van der Waals surface area contributed by atoms with E-state index in [1.807, 2.05) is 85.7 Å². The van der Waals surface area contributed by atoms with Crippen LogP contribution >= 0.6 is 0 Å². The van der Waals surface area contributed by atoms with Crippen molar-refractivity contribution in [1.29, 1.82) is 0 Å². The number of methoxy groups -OCH3 is 1. The van der Waals surface area contributed by atoms with Gasteiger partial charge in [-0.1, -0.05) is 113 Å². The first kappa shape index (κ1) is 65.2. The van der Waals surface area contributed by atoms with E-state index in [0.717, 1.165) is 5.56 Å². The Bertz CT molecular complexity index is 2190. The average molecular weight is 1080 g/mol. The second-order valence-corrected chi connectivity index (χ2v) is 22.7. The molecule has 2 saturated heterocycles. The fourth-order valence-corrected chi connectivity index (χ4v) is 10.3. The van der Waals surface area contributed by atoms with Gasteiger partial charge in [-0.2, -0.15) is 0 Å². The molecular formula is C57H93N9O11. The molecule has 20 heteroatoms. The Morgan fingerprint density at radius 3 is 1.77 bits per heavy atom. The van der Waals surface area contributed by atoms with Crippen LogP contribution < -0.4 is 21.3 Å². The van der Waals surface area contributed by atoms with E-state index in [2.05, 4.69) is 21.3 Å². The highest BCUT2D eigenvalue weighted by Crippen LogP contribution is 2.26. The summed E-state index contributed by atoms with van der Waals surface area (Å²) in [4.78, 5) is 146. The molecule has 0 saturated carbocycles. The van der Waals surface area contributed by atoms with Crippen molar-refractivity contribution in [2.75, 3.05) is 47.9 Å². The third-order valence-electron chi connectivity index (χ3n) is 15.0. The third-order valence-corrected chi connectivity index (χ3v) is 15.0. The van der Waals surface area contributed by atoms with Crippen LogP contribution in [0.2, 0.25) is 0 Å². The molecule has 9 amide bonds. The highest BCUT2D eigenvalue weighted by molar-refractivity contribution is 5.98. The maximum absolute atomic E-state index is 14.7. The zero-order chi connectivity index (χ0) is 58.0. The number of nitrogens with zero attached hydrogens (tertiary/aromatic N) is 5. The number of carbonyl (C=O) groups excluding carboxylic acids is 10. The number of amides is 9. The summed E-state index contributed by atoms with van der Waals surface area (Å²) in [6, 6.07) is 1.30. The smallest absolute Gasteiger partial charge is 0.328 e. The molecular weight excluding hydrogens is 987 g/mol. The summed E-state index contributed by atoms with van der Waals surface area (Å²) in [5, 5.41) is 11.4. The molecule has 2 aliphatic heterocycles. The lowest BCUT2D eigenvalue weighted by molar-refractivity contribution is -0.154. The van der Waals surface area contributed by atoms with Gasteiger partial charge in [0.25, 0.3) is 0 Å². The quantitative estimate of drug-likeness (QED) is 0.0883. The van der Waals surface area contributed by atoms with E-state index in [0.29, 0.717) is 45.1 Å². The van der Waals surface area contributed by atoms with Gasteiger partial charge in [0.1, 0.15) is 48.3 Å². The lowest BCUT2D eigenvalue weighted by Gasteiger charge is -2.37. The Morgan fingerprint density at radius 2 is 1.23 bits per heavy atom. The van der Waals surface area contributed by atoms with E-state index in [1.54, 1.807) is 20.8 Å². The Labute approximate surface area is 458 Å². The van der Waals surface area contributed by atoms with Crippen molar-refractivity contribution < 1.29 is 52.7 Å². The zero-order valence-corrected chi connectivity index (χ0v) is 48.8. The van der Waals surface area contributed by atoms with Crippen molar-refractivity contribution in [2.45, 2.75) is 189 Å². The van der Waals surface area contributed by atoms with Crippen LogP contribution in [0, 0.1) is 29.6 Å². The largest absolute Gasteiger partial charge is 0.467 e.